The Labute approximate surface area is 168 Å². The van der Waals surface area contributed by atoms with Crippen LogP contribution in [0.4, 0.5) is 0 Å². The highest BCUT2D eigenvalue weighted by Gasteiger charge is 2.30. The molecule has 1 atom stereocenters. The van der Waals surface area contributed by atoms with Gasteiger partial charge in [0.15, 0.2) is 0 Å². The molecule has 28 heavy (non-hydrogen) atoms. The molecule has 0 saturated carbocycles. The average Bonchev–Trinajstić information content (AvgIpc) is 3.13. The number of hydrogen-bond donors (Lipinski definition) is 0. The van der Waals surface area contributed by atoms with Crippen molar-refractivity contribution in [3.8, 4) is 11.1 Å². The summed E-state index contributed by atoms with van der Waals surface area (Å²) in [5.74, 6) is 0.980. The van der Waals surface area contributed by atoms with Gasteiger partial charge in [0, 0.05) is 30.8 Å². The van der Waals surface area contributed by atoms with Crippen molar-refractivity contribution in [2.24, 2.45) is 0 Å². The van der Waals surface area contributed by atoms with E-state index in [9.17, 15) is 4.79 Å². The van der Waals surface area contributed by atoms with Crippen molar-refractivity contribution in [3.05, 3.63) is 58.1 Å². The first-order valence-corrected chi connectivity index (χ1v) is 10.3. The molecule has 0 N–H and O–H groups in total. The lowest BCUT2D eigenvalue weighted by Gasteiger charge is -2.33. The number of benzene rings is 1. The van der Waals surface area contributed by atoms with Gasteiger partial charge < -0.3 is 4.90 Å². The van der Waals surface area contributed by atoms with E-state index < -0.39 is 0 Å². The van der Waals surface area contributed by atoms with Crippen molar-refractivity contribution < 1.29 is 4.79 Å². The summed E-state index contributed by atoms with van der Waals surface area (Å²) in [7, 11) is 0. The first-order chi connectivity index (χ1) is 13.5. The van der Waals surface area contributed by atoms with Crippen LogP contribution < -0.4 is 0 Å². The Balaban J connectivity index is 1.66. The third-order valence-corrected chi connectivity index (χ3v) is 6.02. The Morgan fingerprint density at radius 3 is 2.86 bits per heavy atom. The molecule has 1 aliphatic rings. The van der Waals surface area contributed by atoms with E-state index in [-0.39, 0.29) is 11.8 Å². The van der Waals surface area contributed by atoms with Gasteiger partial charge in [0.2, 0.25) is 0 Å². The van der Waals surface area contributed by atoms with Gasteiger partial charge in [0.1, 0.15) is 10.7 Å². The minimum absolute atomic E-state index is 0.0279. The molecule has 7 heteroatoms. The Kier molecular flexibility index (Phi) is 5.17. The van der Waals surface area contributed by atoms with E-state index in [0.717, 1.165) is 42.0 Å². The maximum atomic E-state index is 12.9. The SMILES string of the molecule is Cc1cccc(-c2cnc(C)nc2C2CCCN(C(=O)c3snnc3C)C2)c1. The summed E-state index contributed by atoms with van der Waals surface area (Å²) in [5, 5.41) is 3.98. The van der Waals surface area contributed by atoms with Crippen LogP contribution in [0.2, 0.25) is 0 Å². The number of rotatable bonds is 3. The second kappa shape index (κ2) is 7.75. The topological polar surface area (TPSA) is 71.9 Å². The third-order valence-electron chi connectivity index (χ3n) is 5.21. The molecule has 0 spiro atoms. The average molecular weight is 394 g/mol. The molecule has 1 amide bonds. The quantitative estimate of drug-likeness (QED) is 0.674. The smallest absolute Gasteiger partial charge is 0.267 e. The number of piperidine rings is 1. The first kappa shape index (κ1) is 18.7. The van der Waals surface area contributed by atoms with Crippen molar-refractivity contribution in [1.29, 1.82) is 0 Å². The molecule has 2 aromatic heterocycles. The Morgan fingerprint density at radius 1 is 1.25 bits per heavy atom. The highest BCUT2D eigenvalue weighted by molar-refractivity contribution is 7.07. The predicted octanol–water partition coefficient (Wildman–Crippen LogP) is 3.94. The number of likely N-dealkylation sites (tertiary alicyclic amines) is 1. The van der Waals surface area contributed by atoms with Crippen LogP contribution in [0.15, 0.2) is 30.5 Å². The van der Waals surface area contributed by atoms with Crippen LogP contribution in [-0.2, 0) is 0 Å². The standard InChI is InChI=1S/C21H23N5OS/c1-13-6-4-7-16(10-13)18-11-22-15(3)23-19(18)17-8-5-9-26(12-17)21(27)20-14(2)24-25-28-20/h4,6-7,10-11,17H,5,8-9,12H2,1-3H3. The summed E-state index contributed by atoms with van der Waals surface area (Å²) in [5.41, 5.74) is 5.13. The second-order valence-electron chi connectivity index (χ2n) is 7.36. The molecule has 1 unspecified atom stereocenters. The van der Waals surface area contributed by atoms with Gasteiger partial charge >= 0.3 is 0 Å². The molecular formula is C21H23N5OS. The molecule has 3 heterocycles. The van der Waals surface area contributed by atoms with Gasteiger partial charge in [-0.25, -0.2) is 9.97 Å². The zero-order chi connectivity index (χ0) is 19.7. The zero-order valence-electron chi connectivity index (χ0n) is 16.3. The van der Waals surface area contributed by atoms with Crippen LogP contribution >= 0.6 is 11.5 Å². The molecule has 0 radical (unpaired) electrons. The van der Waals surface area contributed by atoms with Gasteiger partial charge in [0.05, 0.1) is 11.4 Å². The predicted molar refractivity (Wildman–Crippen MR) is 109 cm³/mol. The lowest BCUT2D eigenvalue weighted by atomic mass is 9.89. The van der Waals surface area contributed by atoms with Gasteiger partial charge in [0.25, 0.3) is 5.91 Å². The van der Waals surface area contributed by atoms with E-state index in [4.69, 9.17) is 4.98 Å². The molecular weight excluding hydrogens is 370 g/mol. The molecule has 1 fully saturated rings. The number of carbonyl (C=O) groups excluding carboxylic acids is 1. The fraction of sp³-hybridized carbons (Fsp3) is 0.381. The van der Waals surface area contributed by atoms with Gasteiger partial charge in [-0.15, -0.1) is 5.10 Å². The lowest BCUT2D eigenvalue weighted by Crippen LogP contribution is -2.39. The Bertz CT molecular complexity index is 1020. The molecule has 0 bridgehead atoms. The van der Waals surface area contributed by atoms with Gasteiger partial charge in [-0.2, -0.15) is 0 Å². The molecule has 3 aromatic rings. The van der Waals surface area contributed by atoms with E-state index >= 15 is 0 Å². The van der Waals surface area contributed by atoms with Crippen molar-refractivity contribution >= 4 is 17.4 Å². The summed E-state index contributed by atoms with van der Waals surface area (Å²) in [4.78, 5) is 24.8. The van der Waals surface area contributed by atoms with Crippen LogP contribution in [0.5, 0.6) is 0 Å². The number of aromatic nitrogens is 4. The maximum absolute atomic E-state index is 12.9. The summed E-state index contributed by atoms with van der Waals surface area (Å²) in [6.45, 7) is 7.26. The van der Waals surface area contributed by atoms with Gasteiger partial charge in [-0.3, -0.25) is 4.79 Å². The van der Waals surface area contributed by atoms with E-state index in [0.29, 0.717) is 17.1 Å². The monoisotopic (exact) mass is 393 g/mol. The van der Waals surface area contributed by atoms with Gasteiger partial charge in [-0.05, 0) is 50.7 Å². The largest absolute Gasteiger partial charge is 0.337 e. The van der Waals surface area contributed by atoms with Crippen LogP contribution in [0.1, 0.15) is 51.2 Å². The fourth-order valence-electron chi connectivity index (χ4n) is 3.79. The molecule has 144 valence electrons. The highest BCUT2D eigenvalue weighted by atomic mass is 32.1. The Morgan fingerprint density at radius 2 is 2.11 bits per heavy atom. The summed E-state index contributed by atoms with van der Waals surface area (Å²) >= 11 is 1.17. The third kappa shape index (κ3) is 3.67. The number of nitrogens with zero attached hydrogens (tertiary/aromatic N) is 5. The number of carbonyl (C=O) groups is 1. The lowest BCUT2D eigenvalue weighted by molar-refractivity contribution is 0.0710. The van der Waals surface area contributed by atoms with E-state index in [1.54, 1.807) is 0 Å². The molecule has 1 aliphatic heterocycles. The van der Waals surface area contributed by atoms with Crippen LogP contribution in [0.3, 0.4) is 0 Å². The van der Waals surface area contributed by atoms with Crippen molar-refractivity contribution in [3.63, 3.8) is 0 Å². The normalized spacial score (nSPS) is 17.0. The number of aryl methyl sites for hydroxylation is 3. The maximum Gasteiger partial charge on any atom is 0.267 e. The van der Waals surface area contributed by atoms with Crippen LogP contribution in [0, 0.1) is 20.8 Å². The van der Waals surface area contributed by atoms with Gasteiger partial charge in [-0.1, -0.05) is 34.3 Å². The first-order valence-electron chi connectivity index (χ1n) is 9.51. The van der Waals surface area contributed by atoms with Crippen LogP contribution in [0.25, 0.3) is 11.1 Å². The Hall–Kier alpha value is -2.67. The van der Waals surface area contributed by atoms with E-state index in [2.05, 4.69) is 45.8 Å². The minimum Gasteiger partial charge on any atom is -0.337 e. The van der Waals surface area contributed by atoms with Crippen molar-refractivity contribution in [1.82, 2.24) is 24.5 Å². The van der Waals surface area contributed by atoms with Crippen molar-refractivity contribution in [2.45, 2.75) is 39.5 Å². The minimum atomic E-state index is 0.0279. The summed E-state index contributed by atoms with van der Waals surface area (Å²) < 4.78 is 3.91. The summed E-state index contributed by atoms with van der Waals surface area (Å²) in [6.07, 6.45) is 3.89. The van der Waals surface area contributed by atoms with Crippen LogP contribution in [-0.4, -0.2) is 43.5 Å². The van der Waals surface area contributed by atoms with E-state index in [1.165, 1.54) is 17.1 Å². The fourth-order valence-corrected chi connectivity index (χ4v) is 4.41. The zero-order valence-corrected chi connectivity index (χ0v) is 17.2. The number of amides is 1. The molecule has 1 aromatic carbocycles. The molecule has 0 aliphatic carbocycles. The molecule has 1 saturated heterocycles. The number of hydrogen-bond acceptors (Lipinski definition) is 6. The molecule has 4 rings (SSSR count). The van der Waals surface area contributed by atoms with E-state index in [1.807, 2.05) is 24.9 Å². The highest BCUT2D eigenvalue weighted by Crippen LogP contribution is 2.34. The van der Waals surface area contributed by atoms with Crippen molar-refractivity contribution in [2.75, 3.05) is 13.1 Å². The molecule has 6 nitrogen and oxygen atoms in total. The second-order valence-corrected chi connectivity index (χ2v) is 8.12. The summed E-state index contributed by atoms with van der Waals surface area (Å²) in [6, 6.07) is 8.41.